The monoisotopic (exact) mass is 581 g/mol. The van der Waals surface area contributed by atoms with Gasteiger partial charge in [-0.3, -0.25) is 4.79 Å². The number of carbonyl (C=O) groups is 1. The van der Waals surface area contributed by atoms with Gasteiger partial charge in [0.2, 0.25) is 5.91 Å². The zero-order valence-corrected chi connectivity index (χ0v) is 23.1. The molecule has 2 N–H and O–H groups in total. The topological polar surface area (TPSA) is 88.0 Å². The Morgan fingerprint density at radius 1 is 1.18 bits per heavy atom. The summed E-state index contributed by atoms with van der Waals surface area (Å²) in [5.74, 6) is 1.28. The SMILES string of the molecule is CC(C)CNCCn1cc(-c2ccc(F)c(C(F)(F)F)c2)nc1C1CCN(c2ncnc3c2CC(=O)N3)CC1.Cl. The number of nitrogens with zero attached hydrogens (tertiary/aromatic N) is 5. The largest absolute Gasteiger partial charge is 0.419 e. The smallest absolute Gasteiger partial charge is 0.356 e. The van der Waals surface area contributed by atoms with Gasteiger partial charge < -0.3 is 20.1 Å². The molecule has 0 unspecified atom stereocenters. The molecule has 0 saturated carbocycles. The van der Waals surface area contributed by atoms with Crippen LogP contribution in [-0.4, -0.2) is 51.6 Å². The number of fused-ring (bicyclic) bond motifs is 1. The Labute approximate surface area is 236 Å². The number of carbonyl (C=O) groups excluding carboxylic acids is 1. The zero-order valence-electron chi connectivity index (χ0n) is 22.3. The van der Waals surface area contributed by atoms with E-state index >= 15 is 0 Å². The molecule has 1 amide bonds. The van der Waals surface area contributed by atoms with Gasteiger partial charge in [0.1, 0.15) is 29.6 Å². The molecule has 8 nitrogen and oxygen atoms in total. The summed E-state index contributed by atoms with van der Waals surface area (Å²) in [5.41, 5.74) is 0.121. The van der Waals surface area contributed by atoms with Crippen molar-refractivity contribution in [2.45, 2.75) is 51.7 Å². The fourth-order valence-electron chi connectivity index (χ4n) is 5.20. The first-order chi connectivity index (χ1) is 18.6. The molecule has 5 rings (SSSR count). The molecule has 40 heavy (non-hydrogen) atoms. The van der Waals surface area contributed by atoms with E-state index in [1.165, 1.54) is 12.4 Å². The van der Waals surface area contributed by atoms with Crippen molar-refractivity contribution < 1.29 is 22.4 Å². The minimum absolute atomic E-state index is 0. The third kappa shape index (κ3) is 6.38. The Balaban J connectivity index is 0.00000370. The second-order valence-electron chi connectivity index (χ2n) is 10.5. The lowest BCUT2D eigenvalue weighted by Crippen LogP contribution is -2.35. The van der Waals surface area contributed by atoms with E-state index in [-0.39, 0.29) is 36.2 Å². The summed E-state index contributed by atoms with van der Waals surface area (Å²) in [7, 11) is 0. The fraction of sp³-hybridized carbons (Fsp3) is 0.481. The lowest BCUT2D eigenvalue weighted by Gasteiger charge is -2.33. The number of hydrogen-bond acceptors (Lipinski definition) is 6. The molecule has 1 saturated heterocycles. The van der Waals surface area contributed by atoms with Crippen molar-refractivity contribution in [1.82, 2.24) is 24.8 Å². The zero-order chi connectivity index (χ0) is 27.7. The van der Waals surface area contributed by atoms with Crippen molar-refractivity contribution >= 4 is 29.9 Å². The van der Waals surface area contributed by atoms with Crippen molar-refractivity contribution in [3.05, 3.63) is 53.5 Å². The number of amides is 1. The highest BCUT2D eigenvalue weighted by Gasteiger charge is 2.35. The van der Waals surface area contributed by atoms with Crippen molar-refractivity contribution in [3.8, 4) is 11.3 Å². The summed E-state index contributed by atoms with van der Waals surface area (Å²) in [5, 5.41) is 6.16. The first-order valence-corrected chi connectivity index (χ1v) is 13.1. The third-order valence-corrected chi connectivity index (χ3v) is 7.13. The summed E-state index contributed by atoms with van der Waals surface area (Å²) in [6, 6.07) is 3.02. The van der Waals surface area contributed by atoms with Gasteiger partial charge in [-0.15, -0.1) is 12.4 Å². The van der Waals surface area contributed by atoms with Crippen molar-refractivity contribution in [2.75, 3.05) is 36.4 Å². The normalized spacial score (nSPS) is 15.8. The van der Waals surface area contributed by atoms with Crippen molar-refractivity contribution in [1.29, 1.82) is 0 Å². The summed E-state index contributed by atoms with van der Waals surface area (Å²) in [6.07, 6.45) is 0.189. The number of alkyl halides is 3. The number of aromatic nitrogens is 4. The molecule has 0 radical (unpaired) electrons. The molecule has 4 heterocycles. The predicted molar refractivity (Wildman–Crippen MR) is 146 cm³/mol. The summed E-state index contributed by atoms with van der Waals surface area (Å²) >= 11 is 0. The van der Waals surface area contributed by atoms with Crippen LogP contribution in [0.4, 0.5) is 29.2 Å². The van der Waals surface area contributed by atoms with E-state index in [0.29, 0.717) is 43.6 Å². The van der Waals surface area contributed by atoms with E-state index < -0.39 is 17.6 Å². The van der Waals surface area contributed by atoms with Gasteiger partial charge in [-0.1, -0.05) is 13.8 Å². The molecule has 1 fully saturated rings. The Bertz CT molecular complexity index is 1350. The molecule has 1 aromatic carbocycles. The van der Waals surface area contributed by atoms with Gasteiger partial charge in [0, 0.05) is 49.4 Å². The number of imidazole rings is 1. The second-order valence-corrected chi connectivity index (χ2v) is 10.5. The average Bonchev–Trinajstić information content (AvgIpc) is 3.49. The minimum Gasteiger partial charge on any atom is -0.356 e. The maximum Gasteiger partial charge on any atom is 0.419 e. The molecule has 216 valence electrons. The molecule has 3 aromatic rings. The Hall–Kier alpha value is -3.25. The van der Waals surface area contributed by atoms with Gasteiger partial charge in [0.25, 0.3) is 0 Å². The van der Waals surface area contributed by atoms with Gasteiger partial charge in [0.15, 0.2) is 0 Å². The average molecular weight is 582 g/mol. The van der Waals surface area contributed by atoms with Crippen LogP contribution >= 0.6 is 12.4 Å². The Morgan fingerprint density at radius 3 is 2.62 bits per heavy atom. The predicted octanol–water partition coefficient (Wildman–Crippen LogP) is 5.04. The van der Waals surface area contributed by atoms with Gasteiger partial charge in [-0.2, -0.15) is 13.2 Å². The summed E-state index contributed by atoms with van der Waals surface area (Å²) < 4.78 is 56.0. The highest BCUT2D eigenvalue weighted by atomic mass is 35.5. The maximum atomic E-state index is 13.9. The highest BCUT2D eigenvalue weighted by Crippen LogP contribution is 2.37. The van der Waals surface area contributed by atoms with Crippen LogP contribution in [0, 0.1) is 11.7 Å². The molecule has 2 aliphatic rings. The Morgan fingerprint density at radius 2 is 1.93 bits per heavy atom. The number of nitrogens with one attached hydrogen (secondary N) is 2. The Kier molecular flexibility index (Phi) is 8.99. The first kappa shape index (κ1) is 29.7. The van der Waals surface area contributed by atoms with Gasteiger partial charge in [0.05, 0.1) is 17.7 Å². The maximum absolute atomic E-state index is 13.9. The molecule has 13 heteroatoms. The minimum atomic E-state index is -4.79. The fourth-order valence-corrected chi connectivity index (χ4v) is 5.20. The molecule has 2 aromatic heterocycles. The highest BCUT2D eigenvalue weighted by molar-refractivity contribution is 5.99. The van der Waals surface area contributed by atoms with E-state index in [4.69, 9.17) is 4.98 Å². The molecule has 0 aliphatic carbocycles. The van der Waals surface area contributed by atoms with Gasteiger partial charge in [-0.05, 0) is 43.5 Å². The van der Waals surface area contributed by atoms with Crippen LogP contribution in [0.5, 0.6) is 0 Å². The van der Waals surface area contributed by atoms with Crippen LogP contribution < -0.4 is 15.5 Å². The van der Waals surface area contributed by atoms with Crippen LogP contribution in [0.2, 0.25) is 0 Å². The molecule has 2 aliphatic heterocycles. The number of piperidine rings is 1. The van der Waals surface area contributed by atoms with Crippen LogP contribution in [0.25, 0.3) is 11.3 Å². The van der Waals surface area contributed by atoms with Crippen LogP contribution in [0.15, 0.2) is 30.7 Å². The quantitative estimate of drug-likeness (QED) is 0.286. The van der Waals surface area contributed by atoms with Gasteiger partial charge in [-0.25, -0.2) is 19.3 Å². The molecular weight excluding hydrogens is 550 g/mol. The summed E-state index contributed by atoms with van der Waals surface area (Å²) in [6.45, 7) is 7.75. The van der Waals surface area contributed by atoms with Crippen molar-refractivity contribution in [3.63, 3.8) is 0 Å². The van der Waals surface area contributed by atoms with E-state index in [9.17, 15) is 22.4 Å². The lowest BCUT2D eigenvalue weighted by atomic mass is 9.95. The van der Waals surface area contributed by atoms with E-state index in [0.717, 1.165) is 48.7 Å². The van der Waals surface area contributed by atoms with Crippen LogP contribution in [0.1, 0.15) is 49.6 Å². The molecule has 0 atom stereocenters. The second kappa shape index (κ2) is 12.1. The summed E-state index contributed by atoms with van der Waals surface area (Å²) in [4.78, 5) is 27.4. The van der Waals surface area contributed by atoms with Crippen LogP contribution in [0.3, 0.4) is 0 Å². The first-order valence-electron chi connectivity index (χ1n) is 13.1. The number of hydrogen-bond donors (Lipinski definition) is 2. The number of benzene rings is 1. The lowest BCUT2D eigenvalue weighted by molar-refractivity contribution is -0.140. The van der Waals surface area contributed by atoms with E-state index in [1.54, 1.807) is 6.20 Å². The van der Waals surface area contributed by atoms with Crippen LogP contribution in [-0.2, 0) is 23.9 Å². The van der Waals surface area contributed by atoms with E-state index in [1.807, 2.05) is 4.57 Å². The molecule has 0 bridgehead atoms. The van der Waals surface area contributed by atoms with Crippen molar-refractivity contribution in [2.24, 2.45) is 5.92 Å². The van der Waals surface area contributed by atoms with E-state index in [2.05, 4.69) is 39.3 Å². The molecular formula is C27H32ClF4N7O. The third-order valence-electron chi connectivity index (χ3n) is 7.13. The number of anilines is 2. The van der Waals surface area contributed by atoms with Gasteiger partial charge >= 0.3 is 6.18 Å². The number of rotatable bonds is 8. The standard InChI is InChI=1S/C27H31F4N7O.ClH/c1-16(2)13-32-7-10-38-14-22(18-3-4-21(28)20(11-18)27(29,30)31)35-25(38)17-5-8-37(9-6-17)26-19-12-23(39)36-24(19)33-15-34-26;/h3-4,11,14-17,32H,5-10,12-13H2,1-2H3,(H,33,34,36,39);1H. The molecule has 0 spiro atoms. The number of halogens is 5.